The average molecular weight is 257 g/mol. The molecule has 2 N–H and O–H groups in total. The van der Waals surface area contributed by atoms with Crippen molar-refractivity contribution in [3.05, 3.63) is 52.8 Å². The van der Waals surface area contributed by atoms with Crippen LogP contribution in [0.1, 0.15) is 33.6 Å². The first kappa shape index (κ1) is 13.3. The summed E-state index contributed by atoms with van der Waals surface area (Å²) in [7, 11) is 0. The molecule has 0 aliphatic rings. The number of rotatable bonds is 5. The van der Waals surface area contributed by atoms with Gasteiger partial charge in [-0.05, 0) is 43.9 Å². The maximum atomic E-state index is 12.0. The van der Waals surface area contributed by atoms with Crippen molar-refractivity contribution in [2.24, 2.45) is 0 Å². The van der Waals surface area contributed by atoms with Crippen molar-refractivity contribution in [2.75, 3.05) is 6.54 Å². The van der Waals surface area contributed by atoms with Crippen LogP contribution in [-0.4, -0.2) is 22.6 Å². The zero-order valence-corrected chi connectivity index (χ0v) is 11.4. The number of hydrogen-bond acceptors (Lipinski definition) is 2. The standard InChI is InChI=1S/C15H19N3O/c1-11-6-3-4-8-14(11)15(19)16-9-5-7-13-10-17-18-12(13)2/h3-4,6,8,10H,5,7,9H2,1-2H3,(H,16,19)(H,17,18). The van der Waals surface area contributed by atoms with Gasteiger partial charge in [-0.2, -0.15) is 5.10 Å². The van der Waals surface area contributed by atoms with Gasteiger partial charge in [-0.25, -0.2) is 0 Å². The minimum atomic E-state index is 0.00187. The summed E-state index contributed by atoms with van der Waals surface area (Å²) in [5.74, 6) is 0.00187. The van der Waals surface area contributed by atoms with Gasteiger partial charge in [0.05, 0.1) is 6.20 Å². The van der Waals surface area contributed by atoms with Gasteiger partial charge >= 0.3 is 0 Å². The molecule has 0 aliphatic carbocycles. The molecule has 4 nitrogen and oxygen atoms in total. The lowest BCUT2D eigenvalue weighted by molar-refractivity contribution is 0.0952. The summed E-state index contributed by atoms with van der Waals surface area (Å²) < 4.78 is 0. The second-order valence-corrected chi connectivity index (χ2v) is 4.69. The number of aromatic amines is 1. The van der Waals surface area contributed by atoms with Gasteiger partial charge < -0.3 is 5.32 Å². The van der Waals surface area contributed by atoms with Crippen LogP contribution in [0.25, 0.3) is 0 Å². The van der Waals surface area contributed by atoms with Gasteiger partial charge in [-0.3, -0.25) is 9.89 Å². The van der Waals surface area contributed by atoms with E-state index in [2.05, 4.69) is 15.5 Å². The highest BCUT2D eigenvalue weighted by Crippen LogP contribution is 2.07. The van der Waals surface area contributed by atoms with Crippen molar-refractivity contribution >= 4 is 5.91 Å². The second-order valence-electron chi connectivity index (χ2n) is 4.69. The van der Waals surface area contributed by atoms with Crippen LogP contribution in [0.2, 0.25) is 0 Å². The highest BCUT2D eigenvalue weighted by Gasteiger charge is 2.07. The van der Waals surface area contributed by atoms with E-state index in [4.69, 9.17) is 0 Å². The van der Waals surface area contributed by atoms with Crippen LogP contribution >= 0.6 is 0 Å². The van der Waals surface area contributed by atoms with E-state index in [9.17, 15) is 4.79 Å². The number of aromatic nitrogens is 2. The molecule has 2 aromatic rings. The molecule has 100 valence electrons. The van der Waals surface area contributed by atoms with Crippen molar-refractivity contribution in [3.63, 3.8) is 0 Å². The Morgan fingerprint density at radius 1 is 1.32 bits per heavy atom. The number of H-pyrrole nitrogens is 1. The Bertz CT molecular complexity index is 560. The predicted octanol–water partition coefficient (Wildman–Crippen LogP) is 2.39. The van der Waals surface area contributed by atoms with E-state index in [0.29, 0.717) is 6.54 Å². The summed E-state index contributed by atoms with van der Waals surface area (Å²) in [6, 6.07) is 7.62. The first-order chi connectivity index (χ1) is 9.18. The highest BCUT2D eigenvalue weighted by molar-refractivity contribution is 5.95. The molecule has 0 bridgehead atoms. The lowest BCUT2D eigenvalue weighted by atomic mass is 10.1. The van der Waals surface area contributed by atoms with E-state index in [1.807, 2.05) is 44.3 Å². The molecule has 0 saturated heterocycles. The monoisotopic (exact) mass is 257 g/mol. The number of nitrogens with zero attached hydrogens (tertiary/aromatic N) is 1. The third-order valence-electron chi connectivity index (χ3n) is 3.23. The Morgan fingerprint density at radius 2 is 2.11 bits per heavy atom. The third-order valence-corrected chi connectivity index (χ3v) is 3.23. The van der Waals surface area contributed by atoms with Crippen LogP contribution in [0, 0.1) is 13.8 Å². The molecule has 0 unspecified atom stereocenters. The molecule has 1 amide bonds. The largest absolute Gasteiger partial charge is 0.352 e. The van der Waals surface area contributed by atoms with Crippen molar-refractivity contribution in [1.82, 2.24) is 15.5 Å². The van der Waals surface area contributed by atoms with Crippen LogP contribution in [0.4, 0.5) is 0 Å². The van der Waals surface area contributed by atoms with E-state index in [1.165, 1.54) is 5.56 Å². The van der Waals surface area contributed by atoms with Crippen LogP contribution < -0.4 is 5.32 Å². The number of aryl methyl sites for hydroxylation is 3. The fourth-order valence-electron chi connectivity index (χ4n) is 2.03. The number of amides is 1. The quantitative estimate of drug-likeness (QED) is 0.808. The molecule has 0 radical (unpaired) electrons. The summed E-state index contributed by atoms with van der Waals surface area (Å²) in [6.07, 6.45) is 3.69. The molecule has 0 saturated carbocycles. The second kappa shape index (κ2) is 6.18. The molecule has 19 heavy (non-hydrogen) atoms. The molecule has 0 spiro atoms. The molecule has 0 atom stereocenters. The highest BCUT2D eigenvalue weighted by atomic mass is 16.1. The van der Waals surface area contributed by atoms with Gasteiger partial charge in [0.1, 0.15) is 0 Å². The minimum absolute atomic E-state index is 0.00187. The average Bonchev–Trinajstić information content (AvgIpc) is 2.80. The summed E-state index contributed by atoms with van der Waals surface area (Å²) in [5.41, 5.74) is 4.07. The maximum absolute atomic E-state index is 12.0. The van der Waals surface area contributed by atoms with Gasteiger partial charge in [0.15, 0.2) is 0 Å². The van der Waals surface area contributed by atoms with Crippen LogP contribution in [0.3, 0.4) is 0 Å². The van der Waals surface area contributed by atoms with Gasteiger partial charge in [0, 0.05) is 17.8 Å². The normalized spacial score (nSPS) is 10.4. The first-order valence-corrected chi connectivity index (χ1v) is 6.51. The molecule has 1 aromatic carbocycles. The zero-order valence-electron chi connectivity index (χ0n) is 11.4. The predicted molar refractivity (Wildman–Crippen MR) is 75.2 cm³/mol. The van der Waals surface area contributed by atoms with Crippen molar-refractivity contribution in [2.45, 2.75) is 26.7 Å². The summed E-state index contributed by atoms with van der Waals surface area (Å²) in [5, 5.41) is 9.85. The molecular formula is C15H19N3O. The third kappa shape index (κ3) is 3.44. The van der Waals surface area contributed by atoms with Crippen LogP contribution in [0.15, 0.2) is 30.5 Å². The Balaban J connectivity index is 1.79. The molecule has 0 fully saturated rings. The fourth-order valence-corrected chi connectivity index (χ4v) is 2.03. The number of carbonyl (C=O) groups is 1. The minimum Gasteiger partial charge on any atom is -0.352 e. The van der Waals surface area contributed by atoms with E-state index < -0.39 is 0 Å². The lowest BCUT2D eigenvalue weighted by Crippen LogP contribution is -2.25. The zero-order chi connectivity index (χ0) is 13.7. The number of hydrogen-bond donors (Lipinski definition) is 2. The van der Waals surface area contributed by atoms with Gasteiger partial charge in [0.25, 0.3) is 5.91 Å². The Hall–Kier alpha value is -2.10. The molecule has 1 aromatic heterocycles. The van der Waals surface area contributed by atoms with E-state index in [-0.39, 0.29) is 5.91 Å². The summed E-state index contributed by atoms with van der Waals surface area (Å²) >= 11 is 0. The first-order valence-electron chi connectivity index (χ1n) is 6.51. The fraction of sp³-hybridized carbons (Fsp3) is 0.333. The van der Waals surface area contributed by atoms with Crippen molar-refractivity contribution in [3.8, 4) is 0 Å². The SMILES string of the molecule is Cc1ccccc1C(=O)NCCCc1cn[nH]c1C. The van der Waals surface area contributed by atoms with Gasteiger partial charge in [-0.15, -0.1) is 0 Å². The lowest BCUT2D eigenvalue weighted by Gasteiger charge is -2.07. The Kier molecular flexibility index (Phi) is 4.34. The molecule has 2 rings (SSSR count). The Labute approximate surface area is 113 Å². The van der Waals surface area contributed by atoms with Gasteiger partial charge in [0.2, 0.25) is 0 Å². The van der Waals surface area contributed by atoms with E-state index >= 15 is 0 Å². The maximum Gasteiger partial charge on any atom is 0.251 e. The number of nitrogens with one attached hydrogen (secondary N) is 2. The van der Waals surface area contributed by atoms with Crippen LogP contribution in [0.5, 0.6) is 0 Å². The molecule has 1 heterocycles. The molecular weight excluding hydrogens is 238 g/mol. The summed E-state index contributed by atoms with van der Waals surface area (Å²) in [6.45, 7) is 4.63. The topological polar surface area (TPSA) is 57.8 Å². The van der Waals surface area contributed by atoms with E-state index in [1.54, 1.807) is 0 Å². The van der Waals surface area contributed by atoms with Crippen molar-refractivity contribution < 1.29 is 4.79 Å². The van der Waals surface area contributed by atoms with E-state index in [0.717, 1.165) is 29.7 Å². The molecule has 4 heteroatoms. The Morgan fingerprint density at radius 3 is 2.79 bits per heavy atom. The number of carbonyl (C=O) groups excluding carboxylic acids is 1. The summed E-state index contributed by atoms with van der Waals surface area (Å²) in [4.78, 5) is 12.0. The number of benzene rings is 1. The van der Waals surface area contributed by atoms with Gasteiger partial charge in [-0.1, -0.05) is 18.2 Å². The van der Waals surface area contributed by atoms with Crippen molar-refractivity contribution in [1.29, 1.82) is 0 Å². The van der Waals surface area contributed by atoms with Crippen LogP contribution in [-0.2, 0) is 6.42 Å². The smallest absolute Gasteiger partial charge is 0.251 e. The molecule has 0 aliphatic heterocycles.